The van der Waals surface area contributed by atoms with Crippen molar-refractivity contribution in [3.05, 3.63) is 47.9 Å². The van der Waals surface area contributed by atoms with Gasteiger partial charge in [-0.2, -0.15) is 0 Å². The fraction of sp³-hybridized carbons (Fsp3) is 0.318. The molecular formula is C22H23N7O2S. The lowest BCUT2D eigenvalue weighted by molar-refractivity contribution is 0.201. The fourth-order valence-electron chi connectivity index (χ4n) is 3.77. The normalized spacial score (nSPS) is 14.0. The second-order valence-electron chi connectivity index (χ2n) is 7.62. The van der Waals surface area contributed by atoms with E-state index in [1.165, 1.54) is 25.7 Å². The van der Waals surface area contributed by atoms with Gasteiger partial charge in [-0.25, -0.2) is 4.98 Å². The van der Waals surface area contributed by atoms with Crippen molar-refractivity contribution in [2.75, 3.05) is 23.8 Å². The maximum Gasteiger partial charge on any atom is 0.211 e. The minimum Gasteiger partial charge on any atom is -0.490 e. The molecule has 4 heterocycles. The molecule has 0 aromatic carbocycles. The summed E-state index contributed by atoms with van der Waals surface area (Å²) in [5.41, 5.74) is 3.08. The minimum atomic E-state index is -0.0484. The molecule has 32 heavy (non-hydrogen) atoms. The van der Waals surface area contributed by atoms with E-state index < -0.39 is 0 Å². The number of hydrogen-bond donors (Lipinski definition) is 3. The average Bonchev–Trinajstić information content (AvgIpc) is 3.50. The van der Waals surface area contributed by atoms with Gasteiger partial charge < -0.3 is 20.5 Å². The molecular weight excluding hydrogens is 426 g/mol. The zero-order valence-electron chi connectivity index (χ0n) is 17.4. The smallest absolute Gasteiger partial charge is 0.211 e. The van der Waals surface area contributed by atoms with Crippen molar-refractivity contribution in [1.29, 1.82) is 0 Å². The molecule has 4 aromatic heterocycles. The number of hydrogen-bond acceptors (Lipinski definition) is 10. The van der Waals surface area contributed by atoms with Gasteiger partial charge in [-0.3, -0.25) is 9.97 Å². The van der Waals surface area contributed by atoms with Gasteiger partial charge in [0.1, 0.15) is 23.2 Å². The molecule has 4 aromatic rings. The number of fused-ring (bicyclic) bond motifs is 1. The summed E-state index contributed by atoms with van der Waals surface area (Å²) in [6.45, 7) is 0.173. The Bertz CT molecular complexity index is 1210. The van der Waals surface area contributed by atoms with Crippen LogP contribution in [-0.4, -0.2) is 43.5 Å². The highest BCUT2D eigenvalue weighted by molar-refractivity contribution is 7.15. The molecule has 5 rings (SSSR count). The zero-order chi connectivity index (χ0) is 21.8. The number of anilines is 4. The van der Waals surface area contributed by atoms with E-state index in [1.807, 2.05) is 24.3 Å². The monoisotopic (exact) mass is 449 g/mol. The molecule has 0 bridgehead atoms. The van der Waals surface area contributed by atoms with Crippen molar-refractivity contribution in [2.45, 2.75) is 31.6 Å². The summed E-state index contributed by atoms with van der Waals surface area (Å²) in [7, 11) is 0. The first kappa shape index (κ1) is 20.5. The summed E-state index contributed by atoms with van der Waals surface area (Å²) in [6, 6.07) is 7.57. The Morgan fingerprint density at radius 1 is 1.00 bits per heavy atom. The Morgan fingerprint density at radius 2 is 1.88 bits per heavy atom. The van der Waals surface area contributed by atoms with Crippen LogP contribution in [0.15, 0.2) is 42.9 Å². The van der Waals surface area contributed by atoms with Crippen molar-refractivity contribution in [3.8, 4) is 5.75 Å². The van der Waals surface area contributed by atoms with E-state index in [2.05, 4.69) is 30.8 Å². The van der Waals surface area contributed by atoms with E-state index in [0.29, 0.717) is 17.5 Å². The van der Waals surface area contributed by atoms with Gasteiger partial charge in [-0.15, -0.1) is 10.2 Å². The third kappa shape index (κ3) is 4.76. The maximum absolute atomic E-state index is 8.91. The molecule has 164 valence electrons. The Morgan fingerprint density at radius 3 is 2.75 bits per heavy atom. The highest BCUT2D eigenvalue weighted by Crippen LogP contribution is 2.37. The highest BCUT2D eigenvalue weighted by atomic mass is 32.1. The van der Waals surface area contributed by atoms with Crippen LogP contribution >= 0.6 is 11.3 Å². The molecule has 0 atom stereocenters. The number of rotatable bonds is 8. The van der Waals surface area contributed by atoms with Crippen LogP contribution in [0, 0.1) is 0 Å². The zero-order valence-corrected chi connectivity index (χ0v) is 18.2. The predicted molar refractivity (Wildman–Crippen MR) is 124 cm³/mol. The number of aromatic nitrogens is 5. The maximum atomic E-state index is 8.91. The Kier molecular flexibility index (Phi) is 6.04. The van der Waals surface area contributed by atoms with Gasteiger partial charge in [-0.1, -0.05) is 24.2 Å². The summed E-state index contributed by atoms with van der Waals surface area (Å²) < 4.78 is 5.41. The third-order valence-electron chi connectivity index (χ3n) is 5.28. The molecule has 1 aliphatic rings. The SMILES string of the molecule is OCCOc1cncc(Nc2cnc3ccc(Nc4nnc(C5CCCC5)s4)nc3c2)c1. The van der Waals surface area contributed by atoms with Gasteiger partial charge in [-0.05, 0) is 31.0 Å². The molecule has 0 saturated heterocycles. The van der Waals surface area contributed by atoms with Crippen LogP contribution in [0.4, 0.5) is 22.3 Å². The summed E-state index contributed by atoms with van der Waals surface area (Å²) in [5, 5.41) is 26.0. The van der Waals surface area contributed by atoms with Gasteiger partial charge in [0, 0.05) is 12.0 Å². The molecule has 0 amide bonds. The second-order valence-corrected chi connectivity index (χ2v) is 8.63. The molecule has 0 aliphatic heterocycles. The summed E-state index contributed by atoms with van der Waals surface area (Å²) >= 11 is 1.61. The van der Waals surface area contributed by atoms with Crippen LogP contribution in [0.2, 0.25) is 0 Å². The van der Waals surface area contributed by atoms with Crippen molar-refractivity contribution in [1.82, 2.24) is 25.1 Å². The van der Waals surface area contributed by atoms with Gasteiger partial charge in [0.15, 0.2) is 0 Å². The van der Waals surface area contributed by atoms with Crippen LogP contribution in [0.1, 0.15) is 36.6 Å². The lowest BCUT2D eigenvalue weighted by atomic mass is 10.1. The van der Waals surface area contributed by atoms with Gasteiger partial charge in [0.2, 0.25) is 5.13 Å². The molecule has 9 nitrogen and oxygen atoms in total. The lowest BCUT2D eigenvalue weighted by Gasteiger charge is -2.09. The minimum absolute atomic E-state index is 0.0484. The van der Waals surface area contributed by atoms with Crippen LogP contribution in [0.3, 0.4) is 0 Å². The van der Waals surface area contributed by atoms with Gasteiger partial charge in [0.05, 0.1) is 47.6 Å². The van der Waals surface area contributed by atoms with Crippen LogP contribution in [0.5, 0.6) is 5.75 Å². The second kappa shape index (κ2) is 9.41. The summed E-state index contributed by atoms with van der Waals surface area (Å²) in [6.07, 6.45) is 10.0. The predicted octanol–water partition coefficient (Wildman–Crippen LogP) is 4.39. The van der Waals surface area contributed by atoms with Crippen LogP contribution < -0.4 is 15.4 Å². The first-order valence-electron chi connectivity index (χ1n) is 10.6. The summed E-state index contributed by atoms with van der Waals surface area (Å²) in [4.78, 5) is 13.3. The number of pyridine rings is 3. The number of aliphatic hydroxyl groups excluding tert-OH is 1. The first-order chi connectivity index (χ1) is 15.8. The first-order valence-corrected chi connectivity index (χ1v) is 11.4. The molecule has 3 N–H and O–H groups in total. The van der Waals surface area contributed by atoms with Crippen LogP contribution in [-0.2, 0) is 0 Å². The standard InChI is InChI=1S/C22H23N7O2S/c30-7-8-31-17-9-15(11-23-13-17)25-16-10-19-18(24-12-16)5-6-20(26-19)27-22-29-28-21(32-22)14-3-1-2-4-14/h5-6,9-14,25,30H,1-4,7-8H2,(H,26,27,29). The lowest BCUT2D eigenvalue weighted by Crippen LogP contribution is -2.02. The van der Waals surface area contributed by atoms with Crippen molar-refractivity contribution in [2.24, 2.45) is 0 Å². The van der Waals surface area contributed by atoms with Gasteiger partial charge >= 0.3 is 0 Å². The molecule has 0 unspecified atom stereocenters. The van der Waals surface area contributed by atoms with E-state index in [-0.39, 0.29) is 13.2 Å². The molecule has 1 saturated carbocycles. The molecule has 0 radical (unpaired) electrons. The fourth-order valence-corrected chi connectivity index (χ4v) is 4.69. The van der Waals surface area contributed by atoms with Crippen molar-refractivity contribution >= 4 is 44.7 Å². The molecule has 1 fully saturated rings. The van der Waals surface area contributed by atoms with E-state index in [0.717, 1.165) is 32.5 Å². The topological polar surface area (TPSA) is 118 Å². The Balaban J connectivity index is 1.31. The van der Waals surface area contributed by atoms with Crippen LogP contribution in [0.25, 0.3) is 11.0 Å². The van der Waals surface area contributed by atoms with E-state index >= 15 is 0 Å². The highest BCUT2D eigenvalue weighted by Gasteiger charge is 2.21. The largest absolute Gasteiger partial charge is 0.490 e. The number of nitrogens with one attached hydrogen (secondary N) is 2. The van der Waals surface area contributed by atoms with Gasteiger partial charge in [0.25, 0.3) is 0 Å². The Hall–Kier alpha value is -3.37. The molecule has 0 spiro atoms. The quantitative estimate of drug-likeness (QED) is 0.360. The number of ether oxygens (including phenoxy) is 1. The van der Waals surface area contributed by atoms with Crippen molar-refractivity contribution in [3.63, 3.8) is 0 Å². The average molecular weight is 450 g/mol. The van der Waals surface area contributed by atoms with Crippen molar-refractivity contribution < 1.29 is 9.84 Å². The Labute approximate surface area is 188 Å². The molecule has 10 heteroatoms. The van der Waals surface area contributed by atoms with E-state index in [1.54, 1.807) is 29.9 Å². The summed E-state index contributed by atoms with van der Waals surface area (Å²) in [5.74, 6) is 1.83. The molecule has 1 aliphatic carbocycles. The number of aliphatic hydroxyl groups is 1. The number of nitrogens with zero attached hydrogens (tertiary/aromatic N) is 5. The van der Waals surface area contributed by atoms with E-state index in [4.69, 9.17) is 14.8 Å². The van der Waals surface area contributed by atoms with E-state index in [9.17, 15) is 0 Å². The third-order valence-corrected chi connectivity index (χ3v) is 6.28.